The zero-order valence-electron chi connectivity index (χ0n) is 12.7. The third-order valence-electron chi connectivity index (χ3n) is 3.24. The number of halogens is 3. The van der Waals surface area contributed by atoms with Gasteiger partial charge >= 0.3 is 6.18 Å². The largest absolute Gasteiger partial charge is 0.422 e. The number of hydrogen-bond acceptors (Lipinski definition) is 5. The van der Waals surface area contributed by atoms with E-state index in [0.29, 0.717) is 5.69 Å². The molecule has 2 rings (SSSR count). The van der Waals surface area contributed by atoms with Gasteiger partial charge in [0.1, 0.15) is 11.4 Å². The van der Waals surface area contributed by atoms with Crippen molar-refractivity contribution in [3.8, 4) is 11.3 Å². The topological polar surface area (TPSA) is 81.7 Å². The van der Waals surface area contributed by atoms with Crippen molar-refractivity contribution in [2.75, 3.05) is 18.1 Å². The van der Waals surface area contributed by atoms with Crippen LogP contribution in [0.15, 0.2) is 6.20 Å². The molecule has 0 saturated carbocycles. The zero-order valence-corrected chi connectivity index (χ0v) is 12.7. The lowest BCUT2D eigenvalue weighted by atomic mass is 10.1. The van der Waals surface area contributed by atoms with E-state index in [1.54, 1.807) is 11.6 Å². The zero-order chi connectivity index (χ0) is 16.7. The first-order valence-electron chi connectivity index (χ1n) is 6.63. The number of anilines is 2. The van der Waals surface area contributed by atoms with Crippen LogP contribution >= 0.6 is 0 Å². The minimum absolute atomic E-state index is 0.0195. The Labute approximate surface area is 125 Å². The second-order valence-corrected chi connectivity index (χ2v) is 5.08. The van der Waals surface area contributed by atoms with Gasteiger partial charge in [0.05, 0.1) is 11.9 Å². The SMILES string of the molecule is CNc1nc(N)nc(-c2cnn(C(C)C)c2C)c1C(F)(F)F. The molecule has 0 atom stereocenters. The number of nitrogen functional groups attached to an aromatic ring is 1. The molecule has 2 heterocycles. The molecule has 9 heteroatoms. The Morgan fingerprint density at radius 3 is 2.36 bits per heavy atom. The summed E-state index contributed by atoms with van der Waals surface area (Å²) in [5.74, 6) is -0.587. The number of nitrogens with two attached hydrogens (primary N) is 1. The maximum absolute atomic E-state index is 13.4. The summed E-state index contributed by atoms with van der Waals surface area (Å²) in [4.78, 5) is 7.43. The van der Waals surface area contributed by atoms with E-state index < -0.39 is 11.7 Å². The van der Waals surface area contributed by atoms with Gasteiger partial charge in [0.2, 0.25) is 5.95 Å². The van der Waals surface area contributed by atoms with E-state index in [2.05, 4.69) is 20.4 Å². The molecule has 2 aromatic rings. The number of alkyl halides is 3. The summed E-state index contributed by atoms with van der Waals surface area (Å²) in [6.45, 7) is 5.48. The van der Waals surface area contributed by atoms with E-state index in [9.17, 15) is 13.2 Å². The van der Waals surface area contributed by atoms with Crippen LogP contribution in [0.25, 0.3) is 11.3 Å². The van der Waals surface area contributed by atoms with Crippen molar-refractivity contribution >= 4 is 11.8 Å². The van der Waals surface area contributed by atoms with Crippen LogP contribution in [-0.2, 0) is 6.18 Å². The van der Waals surface area contributed by atoms with E-state index in [1.165, 1.54) is 13.2 Å². The van der Waals surface area contributed by atoms with Gasteiger partial charge in [0.25, 0.3) is 0 Å². The second kappa shape index (κ2) is 5.47. The van der Waals surface area contributed by atoms with Crippen molar-refractivity contribution in [2.45, 2.75) is 33.0 Å². The fourth-order valence-corrected chi connectivity index (χ4v) is 2.30. The molecule has 6 nitrogen and oxygen atoms in total. The lowest BCUT2D eigenvalue weighted by Crippen LogP contribution is -2.15. The van der Waals surface area contributed by atoms with Crippen molar-refractivity contribution in [1.82, 2.24) is 19.7 Å². The fraction of sp³-hybridized carbons (Fsp3) is 0.462. The Bertz CT molecular complexity index is 690. The molecule has 120 valence electrons. The van der Waals surface area contributed by atoms with Crippen molar-refractivity contribution in [1.29, 1.82) is 0 Å². The van der Waals surface area contributed by atoms with E-state index in [-0.39, 0.29) is 29.1 Å². The lowest BCUT2D eigenvalue weighted by molar-refractivity contribution is -0.136. The van der Waals surface area contributed by atoms with E-state index >= 15 is 0 Å². The molecule has 0 saturated heterocycles. The van der Waals surface area contributed by atoms with E-state index in [0.717, 1.165) is 0 Å². The maximum Gasteiger partial charge on any atom is 0.422 e. The molecule has 3 N–H and O–H groups in total. The van der Waals surface area contributed by atoms with Crippen LogP contribution in [0.4, 0.5) is 24.9 Å². The highest BCUT2D eigenvalue weighted by molar-refractivity contribution is 5.72. The summed E-state index contributed by atoms with van der Waals surface area (Å²) in [5.41, 5.74) is 5.19. The molecule has 0 aliphatic carbocycles. The molecule has 0 unspecified atom stereocenters. The molecule has 0 amide bonds. The fourth-order valence-electron chi connectivity index (χ4n) is 2.30. The van der Waals surface area contributed by atoms with E-state index in [1.807, 2.05) is 13.8 Å². The summed E-state index contributed by atoms with van der Waals surface area (Å²) in [7, 11) is 1.35. The average molecular weight is 314 g/mol. The Morgan fingerprint density at radius 1 is 1.27 bits per heavy atom. The number of nitrogens with zero attached hydrogens (tertiary/aromatic N) is 4. The number of nitrogens with one attached hydrogen (secondary N) is 1. The highest BCUT2D eigenvalue weighted by Gasteiger charge is 2.39. The highest BCUT2D eigenvalue weighted by Crippen LogP contribution is 2.41. The predicted molar refractivity (Wildman–Crippen MR) is 77.3 cm³/mol. The Hall–Kier alpha value is -2.32. The van der Waals surface area contributed by atoms with Gasteiger partial charge in [-0.05, 0) is 20.8 Å². The van der Waals surface area contributed by atoms with Crippen molar-refractivity contribution < 1.29 is 13.2 Å². The van der Waals surface area contributed by atoms with Crippen molar-refractivity contribution in [2.24, 2.45) is 0 Å². The number of rotatable bonds is 3. The lowest BCUT2D eigenvalue weighted by Gasteiger charge is -2.16. The molecule has 0 bridgehead atoms. The van der Waals surface area contributed by atoms with Crippen LogP contribution in [0.3, 0.4) is 0 Å². The third kappa shape index (κ3) is 2.70. The summed E-state index contributed by atoms with van der Waals surface area (Å²) in [6, 6.07) is 0.0195. The minimum Gasteiger partial charge on any atom is -0.372 e. The summed E-state index contributed by atoms with van der Waals surface area (Å²) in [6.07, 6.45) is -3.25. The van der Waals surface area contributed by atoms with Crippen LogP contribution in [0.5, 0.6) is 0 Å². The van der Waals surface area contributed by atoms with Crippen LogP contribution in [0, 0.1) is 6.92 Å². The standard InChI is InChI=1S/C13H17F3N6/c1-6(2)22-7(3)8(5-19-22)10-9(13(14,15)16)11(18-4)21-12(17)20-10/h5-6H,1-4H3,(H3,17,18,20,21). The first-order chi connectivity index (χ1) is 10.2. The van der Waals surface area contributed by atoms with Crippen molar-refractivity contribution in [3.05, 3.63) is 17.5 Å². The molecule has 2 aromatic heterocycles. The maximum atomic E-state index is 13.4. The Kier molecular flexibility index (Phi) is 3.99. The molecular formula is C13H17F3N6. The predicted octanol–water partition coefficient (Wildman–Crippen LogP) is 2.87. The summed E-state index contributed by atoms with van der Waals surface area (Å²) < 4.78 is 41.9. The Balaban J connectivity index is 2.77. The highest BCUT2D eigenvalue weighted by atomic mass is 19.4. The molecular weight excluding hydrogens is 297 g/mol. The van der Waals surface area contributed by atoms with Gasteiger partial charge in [0.15, 0.2) is 0 Å². The van der Waals surface area contributed by atoms with E-state index in [4.69, 9.17) is 5.73 Å². The molecule has 0 aliphatic rings. The van der Waals surface area contributed by atoms with Gasteiger partial charge in [-0.3, -0.25) is 4.68 Å². The quantitative estimate of drug-likeness (QED) is 0.910. The van der Waals surface area contributed by atoms with Crippen LogP contribution in [-0.4, -0.2) is 26.8 Å². The van der Waals surface area contributed by atoms with Crippen LogP contribution in [0.2, 0.25) is 0 Å². The monoisotopic (exact) mass is 314 g/mol. The first-order valence-corrected chi connectivity index (χ1v) is 6.63. The number of aromatic nitrogens is 4. The van der Waals surface area contributed by atoms with Gasteiger partial charge in [-0.1, -0.05) is 0 Å². The minimum atomic E-state index is -4.62. The van der Waals surface area contributed by atoms with Crippen LogP contribution < -0.4 is 11.1 Å². The molecule has 0 spiro atoms. The van der Waals surface area contributed by atoms with Crippen molar-refractivity contribution in [3.63, 3.8) is 0 Å². The smallest absolute Gasteiger partial charge is 0.372 e. The van der Waals surface area contributed by atoms with Gasteiger partial charge in [0, 0.05) is 24.3 Å². The normalized spacial score (nSPS) is 12.0. The van der Waals surface area contributed by atoms with Crippen LogP contribution in [0.1, 0.15) is 31.1 Å². The second-order valence-electron chi connectivity index (χ2n) is 5.08. The first kappa shape index (κ1) is 16.1. The summed E-state index contributed by atoms with van der Waals surface area (Å²) >= 11 is 0. The molecule has 0 fully saturated rings. The number of hydrogen-bond donors (Lipinski definition) is 2. The van der Waals surface area contributed by atoms with Gasteiger partial charge in [-0.15, -0.1) is 0 Å². The molecule has 0 radical (unpaired) electrons. The van der Waals surface area contributed by atoms with Gasteiger partial charge in [-0.25, -0.2) is 4.98 Å². The van der Waals surface area contributed by atoms with Gasteiger partial charge in [-0.2, -0.15) is 23.3 Å². The summed E-state index contributed by atoms with van der Waals surface area (Å²) in [5, 5.41) is 6.55. The Morgan fingerprint density at radius 2 is 1.91 bits per heavy atom. The molecule has 0 aromatic carbocycles. The molecule has 22 heavy (non-hydrogen) atoms. The average Bonchev–Trinajstić information content (AvgIpc) is 2.78. The third-order valence-corrected chi connectivity index (χ3v) is 3.24. The molecule has 0 aliphatic heterocycles. The van der Waals surface area contributed by atoms with Gasteiger partial charge < -0.3 is 11.1 Å².